The largest absolute Gasteiger partial charge is 0.325 e. The molecule has 162 valence electrons. The zero-order chi connectivity index (χ0) is 22.1. The molecular weight excluding hydrogens is 398 g/mol. The number of nitrogens with one attached hydrogen (secondary N) is 1. The summed E-state index contributed by atoms with van der Waals surface area (Å²) < 4.78 is 0. The number of anilines is 2. The Morgan fingerprint density at radius 3 is 2.56 bits per heavy atom. The van der Waals surface area contributed by atoms with E-state index in [2.05, 4.69) is 58.7 Å². The van der Waals surface area contributed by atoms with Crippen LogP contribution in [0.1, 0.15) is 35.1 Å². The van der Waals surface area contributed by atoms with E-state index in [1.165, 1.54) is 16.7 Å². The van der Waals surface area contributed by atoms with E-state index >= 15 is 0 Å². The first-order chi connectivity index (χ1) is 15.6. The molecule has 3 aromatic carbocycles. The molecule has 0 spiro atoms. The third-order valence-corrected chi connectivity index (χ3v) is 6.47. The van der Waals surface area contributed by atoms with Gasteiger partial charge in [0.15, 0.2) is 0 Å². The molecule has 32 heavy (non-hydrogen) atoms. The fraction of sp³-hybridized carbons (Fsp3) is 0.259. The third-order valence-electron chi connectivity index (χ3n) is 6.47. The molecule has 0 aromatic heterocycles. The molecule has 0 radical (unpaired) electrons. The van der Waals surface area contributed by atoms with Crippen LogP contribution in [0.4, 0.5) is 11.4 Å². The van der Waals surface area contributed by atoms with Gasteiger partial charge in [-0.2, -0.15) is 0 Å². The third kappa shape index (κ3) is 4.04. The Morgan fingerprint density at radius 1 is 0.969 bits per heavy atom. The van der Waals surface area contributed by atoms with E-state index in [0.717, 1.165) is 36.4 Å². The minimum Gasteiger partial charge on any atom is -0.325 e. The van der Waals surface area contributed by atoms with Gasteiger partial charge in [0.25, 0.3) is 0 Å². The maximum absolute atomic E-state index is 12.9. The smallest absolute Gasteiger partial charge is 0.238 e. The van der Waals surface area contributed by atoms with Crippen molar-refractivity contribution in [3.05, 3.63) is 95.1 Å². The quantitative estimate of drug-likeness (QED) is 0.682. The van der Waals surface area contributed by atoms with E-state index in [1.54, 1.807) is 11.8 Å². The number of fused-ring (bicyclic) bond motifs is 2. The first-order valence-corrected chi connectivity index (χ1v) is 11.1. The van der Waals surface area contributed by atoms with Gasteiger partial charge in [0, 0.05) is 43.9 Å². The minimum absolute atomic E-state index is 0.0161. The number of rotatable bonds is 4. The summed E-state index contributed by atoms with van der Waals surface area (Å²) in [7, 11) is 0. The zero-order valence-electron chi connectivity index (χ0n) is 18.3. The van der Waals surface area contributed by atoms with E-state index in [1.807, 2.05) is 24.3 Å². The fourth-order valence-corrected chi connectivity index (χ4v) is 4.98. The first-order valence-electron chi connectivity index (χ1n) is 11.1. The minimum atomic E-state index is -0.0161. The second-order valence-electron chi connectivity index (χ2n) is 8.64. The summed E-state index contributed by atoms with van der Waals surface area (Å²) in [5, 5.41) is 3.06. The molecule has 3 aromatic rings. The van der Waals surface area contributed by atoms with Crippen molar-refractivity contribution in [3.63, 3.8) is 0 Å². The molecular formula is C27H27N3O2. The number of hydrogen-bond donors (Lipinski definition) is 1. The molecule has 2 aliphatic heterocycles. The monoisotopic (exact) mass is 425 g/mol. The average Bonchev–Trinajstić information content (AvgIpc) is 3.22. The SMILES string of the molecule is CC(=O)N1CCc2cc(NC(=O)CN3Cc4ccccc4[C@H](c4ccccc4)C3)ccc21. The first kappa shape index (κ1) is 20.5. The van der Waals surface area contributed by atoms with Crippen LogP contribution < -0.4 is 10.2 Å². The van der Waals surface area contributed by atoms with Gasteiger partial charge in [-0.15, -0.1) is 0 Å². The molecule has 5 heteroatoms. The van der Waals surface area contributed by atoms with Crippen LogP contribution in [0.5, 0.6) is 0 Å². The average molecular weight is 426 g/mol. The Bertz CT molecular complexity index is 1160. The van der Waals surface area contributed by atoms with Gasteiger partial charge in [0.05, 0.1) is 6.54 Å². The van der Waals surface area contributed by atoms with Crippen LogP contribution in [-0.2, 0) is 22.6 Å². The number of carbonyl (C=O) groups is 2. The molecule has 2 aliphatic rings. The molecule has 0 aliphatic carbocycles. The normalized spacial score (nSPS) is 17.5. The summed E-state index contributed by atoms with van der Waals surface area (Å²) in [5.41, 5.74) is 6.75. The van der Waals surface area contributed by atoms with Crippen LogP contribution in [0.15, 0.2) is 72.8 Å². The van der Waals surface area contributed by atoms with Gasteiger partial charge in [-0.1, -0.05) is 54.6 Å². The zero-order valence-corrected chi connectivity index (χ0v) is 18.3. The molecule has 5 nitrogen and oxygen atoms in total. The molecule has 0 fully saturated rings. The fourth-order valence-electron chi connectivity index (χ4n) is 4.98. The Morgan fingerprint density at radius 2 is 1.75 bits per heavy atom. The van der Waals surface area contributed by atoms with Gasteiger partial charge in [0.1, 0.15) is 0 Å². The lowest BCUT2D eigenvalue weighted by Gasteiger charge is -2.34. The number of hydrogen-bond acceptors (Lipinski definition) is 3. The van der Waals surface area contributed by atoms with Crippen LogP contribution in [-0.4, -0.2) is 36.3 Å². The molecule has 1 N–H and O–H groups in total. The van der Waals surface area contributed by atoms with Gasteiger partial charge in [-0.25, -0.2) is 0 Å². The summed E-state index contributed by atoms with van der Waals surface area (Å²) >= 11 is 0. The number of carbonyl (C=O) groups excluding carboxylic acids is 2. The summed E-state index contributed by atoms with van der Waals surface area (Å²) in [5.74, 6) is 0.294. The van der Waals surface area contributed by atoms with E-state index < -0.39 is 0 Å². The predicted octanol–water partition coefficient (Wildman–Crippen LogP) is 4.18. The second kappa shape index (κ2) is 8.60. The highest BCUT2D eigenvalue weighted by molar-refractivity contribution is 5.96. The molecule has 0 saturated carbocycles. The number of amides is 2. The highest BCUT2D eigenvalue weighted by Crippen LogP contribution is 2.34. The Hall–Kier alpha value is -3.44. The van der Waals surface area contributed by atoms with E-state index in [-0.39, 0.29) is 17.7 Å². The van der Waals surface area contributed by atoms with Crippen molar-refractivity contribution in [1.29, 1.82) is 0 Å². The molecule has 2 heterocycles. The molecule has 0 unspecified atom stereocenters. The van der Waals surface area contributed by atoms with Crippen LogP contribution >= 0.6 is 0 Å². The maximum Gasteiger partial charge on any atom is 0.238 e. The van der Waals surface area contributed by atoms with E-state index in [4.69, 9.17) is 0 Å². The van der Waals surface area contributed by atoms with Gasteiger partial charge < -0.3 is 10.2 Å². The van der Waals surface area contributed by atoms with Gasteiger partial charge in [0.2, 0.25) is 11.8 Å². The van der Waals surface area contributed by atoms with Gasteiger partial charge >= 0.3 is 0 Å². The lowest BCUT2D eigenvalue weighted by Crippen LogP contribution is -2.39. The molecule has 2 amide bonds. The molecule has 0 bridgehead atoms. The molecule has 5 rings (SSSR count). The molecule has 0 saturated heterocycles. The topological polar surface area (TPSA) is 52.7 Å². The van der Waals surface area contributed by atoms with Crippen LogP contribution in [0.3, 0.4) is 0 Å². The summed E-state index contributed by atoms with van der Waals surface area (Å²) in [4.78, 5) is 28.7. The van der Waals surface area contributed by atoms with Crippen LogP contribution in [0.25, 0.3) is 0 Å². The van der Waals surface area contributed by atoms with Gasteiger partial charge in [-0.05, 0) is 46.9 Å². The molecule has 1 atom stereocenters. The maximum atomic E-state index is 12.9. The Labute approximate surface area is 188 Å². The summed E-state index contributed by atoms with van der Waals surface area (Å²) in [6.45, 7) is 4.21. The number of nitrogens with zero attached hydrogens (tertiary/aromatic N) is 2. The van der Waals surface area contributed by atoms with Crippen LogP contribution in [0, 0.1) is 0 Å². The van der Waals surface area contributed by atoms with Crippen molar-refractivity contribution < 1.29 is 9.59 Å². The lowest BCUT2D eigenvalue weighted by atomic mass is 9.84. The van der Waals surface area contributed by atoms with Crippen molar-refractivity contribution in [2.75, 3.05) is 29.9 Å². The standard InChI is InChI=1S/C27H27N3O2/c1-19(31)30-14-13-21-15-23(11-12-26(21)30)28-27(32)18-29-16-22-9-5-6-10-24(22)25(17-29)20-7-3-2-4-8-20/h2-12,15,25H,13-14,16-18H2,1H3,(H,28,32)/t25-/m0/s1. The summed E-state index contributed by atoms with van der Waals surface area (Å²) in [6, 6.07) is 24.9. The van der Waals surface area contributed by atoms with E-state index in [9.17, 15) is 9.59 Å². The highest BCUT2D eigenvalue weighted by Gasteiger charge is 2.27. The van der Waals surface area contributed by atoms with Gasteiger partial charge in [-0.3, -0.25) is 14.5 Å². The van der Waals surface area contributed by atoms with Crippen molar-refractivity contribution >= 4 is 23.2 Å². The second-order valence-corrected chi connectivity index (χ2v) is 8.64. The van der Waals surface area contributed by atoms with Crippen molar-refractivity contribution in [2.24, 2.45) is 0 Å². The Kier molecular flexibility index (Phi) is 5.50. The van der Waals surface area contributed by atoms with Crippen molar-refractivity contribution in [1.82, 2.24) is 4.90 Å². The predicted molar refractivity (Wildman–Crippen MR) is 127 cm³/mol. The summed E-state index contributed by atoms with van der Waals surface area (Å²) in [6.07, 6.45) is 0.820. The highest BCUT2D eigenvalue weighted by atomic mass is 16.2. The van der Waals surface area contributed by atoms with Crippen molar-refractivity contribution in [2.45, 2.75) is 25.8 Å². The van der Waals surface area contributed by atoms with Crippen LogP contribution in [0.2, 0.25) is 0 Å². The lowest BCUT2D eigenvalue weighted by molar-refractivity contribution is -0.118. The van der Waals surface area contributed by atoms with E-state index in [0.29, 0.717) is 13.1 Å². The van der Waals surface area contributed by atoms with Crippen molar-refractivity contribution in [3.8, 4) is 0 Å². The Balaban J connectivity index is 1.29. The number of benzene rings is 3.